The fourth-order valence-corrected chi connectivity index (χ4v) is 1.87. The molecule has 21 heavy (non-hydrogen) atoms. The number of hydrogen-bond donors (Lipinski definition) is 2. The van der Waals surface area contributed by atoms with Gasteiger partial charge in [0.1, 0.15) is 11.5 Å². The first-order valence-corrected chi connectivity index (χ1v) is 6.31. The molecule has 0 saturated heterocycles. The van der Waals surface area contributed by atoms with Crippen LogP contribution in [0, 0.1) is 0 Å². The van der Waals surface area contributed by atoms with Gasteiger partial charge in [-0.05, 0) is 43.3 Å². The van der Waals surface area contributed by atoms with Gasteiger partial charge in [-0.2, -0.15) is 0 Å². The van der Waals surface area contributed by atoms with E-state index < -0.39 is 0 Å². The van der Waals surface area contributed by atoms with Crippen LogP contribution in [0.15, 0.2) is 42.5 Å². The van der Waals surface area contributed by atoms with Crippen molar-refractivity contribution in [2.45, 2.75) is 6.92 Å². The van der Waals surface area contributed by atoms with Crippen LogP contribution in [-0.2, 0) is 0 Å². The molecule has 5 heteroatoms. The maximum absolute atomic E-state index is 12.1. The molecule has 0 spiro atoms. The Morgan fingerprint density at radius 1 is 1.10 bits per heavy atom. The lowest BCUT2D eigenvalue weighted by atomic mass is 10.1. The molecule has 108 valence electrons. The average molecular weight is 285 g/mol. The maximum Gasteiger partial charge on any atom is 0.255 e. The van der Waals surface area contributed by atoms with E-state index in [0.717, 1.165) is 0 Å². The second-order valence-corrected chi connectivity index (χ2v) is 4.44. The predicted molar refractivity (Wildman–Crippen MR) is 79.1 cm³/mol. The summed E-state index contributed by atoms with van der Waals surface area (Å²) in [5.41, 5.74) is 0.787. The number of ether oxygens (including phenoxy) is 1. The highest BCUT2D eigenvalue weighted by Crippen LogP contribution is 2.28. The second kappa shape index (κ2) is 6.09. The molecule has 2 N–H and O–H groups in total. The summed E-state index contributed by atoms with van der Waals surface area (Å²) >= 11 is 0. The van der Waals surface area contributed by atoms with Crippen molar-refractivity contribution in [3.63, 3.8) is 0 Å². The number of hydrogen-bond acceptors (Lipinski definition) is 4. The van der Waals surface area contributed by atoms with Crippen LogP contribution < -0.4 is 10.1 Å². The Labute approximate surface area is 122 Å². The molecule has 0 radical (unpaired) electrons. The molecule has 0 saturated carbocycles. The van der Waals surface area contributed by atoms with Crippen LogP contribution in [0.5, 0.6) is 11.5 Å². The van der Waals surface area contributed by atoms with Gasteiger partial charge in [-0.1, -0.05) is 6.07 Å². The topological polar surface area (TPSA) is 75.6 Å². The minimum absolute atomic E-state index is 0.169. The van der Waals surface area contributed by atoms with Crippen molar-refractivity contribution in [3.8, 4) is 11.5 Å². The number of benzene rings is 2. The quantitative estimate of drug-likeness (QED) is 0.669. The zero-order valence-electron chi connectivity index (χ0n) is 11.7. The minimum atomic E-state index is -0.381. The van der Waals surface area contributed by atoms with Gasteiger partial charge >= 0.3 is 0 Å². The number of carbonyl (C=O) groups is 2. The van der Waals surface area contributed by atoms with Crippen LogP contribution in [0.1, 0.15) is 27.6 Å². The first kappa shape index (κ1) is 14.6. The maximum atomic E-state index is 12.1. The van der Waals surface area contributed by atoms with Crippen molar-refractivity contribution in [2.24, 2.45) is 0 Å². The summed E-state index contributed by atoms with van der Waals surface area (Å²) in [4.78, 5) is 23.5. The van der Waals surface area contributed by atoms with Gasteiger partial charge in [-0.25, -0.2) is 0 Å². The van der Waals surface area contributed by atoms with Gasteiger partial charge in [0.05, 0.1) is 18.4 Å². The molecule has 2 rings (SSSR count). The molecule has 0 aliphatic carbocycles. The molecular formula is C16H15NO4. The standard InChI is InChI=1S/C16H15NO4/c1-10(18)13-4-3-5-14(15(13)19)17-16(20)11-6-8-12(21-2)9-7-11/h3-9,19H,1-2H3,(H,17,20). The highest BCUT2D eigenvalue weighted by molar-refractivity contribution is 6.07. The van der Waals surface area contributed by atoms with Crippen molar-refractivity contribution in [3.05, 3.63) is 53.6 Å². The minimum Gasteiger partial charge on any atom is -0.505 e. The molecule has 0 bridgehead atoms. The SMILES string of the molecule is COc1ccc(C(=O)Nc2cccc(C(C)=O)c2O)cc1. The number of anilines is 1. The molecule has 2 aromatic carbocycles. The molecule has 0 heterocycles. The number of Topliss-reactive ketones (excluding diaryl/α,β-unsaturated/α-hetero) is 1. The molecule has 0 unspecified atom stereocenters. The fraction of sp³-hybridized carbons (Fsp3) is 0.125. The van der Waals surface area contributed by atoms with Gasteiger partial charge in [0, 0.05) is 5.56 Å². The lowest BCUT2D eigenvalue weighted by Crippen LogP contribution is -2.12. The highest BCUT2D eigenvalue weighted by Gasteiger charge is 2.13. The van der Waals surface area contributed by atoms with E-state index in [9.17, 15) is 14.7 Å². The molecule has 0 aliphatic rings. The van der Waals surface area contributed by atoms with Gasteiger partial charge in [0.15, 0.2) is 5.78 Å². The Kier molecular flexibility index (Phi) is 4.23. The summed E-state index contributed by atoms with van der Waals surface area (Å²) in [6.45, 7) is 1.35. The zero-order chi connectivity index (χ0) is 15.4. The number of aromatic hydroxyl groups is 1. The lowest BCUT2D eigenvalue weighted by Gasteiger charge is -2.10. The number of phenols is 1. The molecule has 0 aliphatic heterocycles. The summed E-state index contributed by atoms with van der Waals surface area (Å²) in [7, 11) is 1.54. The zero-order valence-corrected chi connectivity index (χ0v) is 11.7. The van der Waals surface area contributed by atoms with E-state index in [0.29, 0.717) is 11.3 Å². The average Bonchev–Trinajstić information content (AvgIpc) is 2.49. The number of methoxy groups -OCH3 is 1. The molecule has 0 aromatic heterocycles. The van der Waals surface area contributed by atoms with E-state index in [2.05, 4.69) is 5.32 Å². The van der Waals surface area contributed by atoms with E-state index >= 15 is 0 Å². The van der Waals surface area contributed by atoms with Gasteiger partial charge in [0.25, 0.3) is 5.91 Å². The number of phenolic OH excluding ortho intramolecular Hbond substituents is 1. The third-order valence-corrected chi connectivity index (χ3v) is 3.02. The molecule has 0 fully saturated rings. The molecule has 0 atom stereocenters. The molecule has 1 amide bonds. The van der Waals surface area contributed by atoms with Crippen molar-refractivity contribution in [1.29, 1.82) is 0 Å². The number of nitrogens with one attached hydrogen (secondary N) is 1. The number of para-hydroxylation sites is 1. The van der Waals surface area contributed by atoms with Crippen molar-refractivity contribution in [1.82, 2.24) is 0 Å². The third-order valence-electron chi connectivity index (χ3n) is 3.02. The Balaban J connectivity index is 2.23. The van der Waals surface area contributed by atoms with Crippen molar-refractivity contribution < 1.29 is 19.4 Å². The lowest BCUT2D eigenvalue weighted by molar-refractivity contribution is 0.100. The molecule has 5 nitrogen and oxygen atoms in total. The normalized spacial score (nSPS) is 10.0. The van der Waals surface area contributed by atoms with Crippen molar-refractivity contribution >= 4 is 17.4 Å². The number of rotatable bonds is 4. The monoisotopic (exact) mass is 285 g/mol. The summed E-state index contributed by atoms with van der Waals surface area (Å²) in [5, 5.41) is 12.6. The Morgan fingerprint density at radius 2 is 1.76 bits per heavy atom. The number of ketones is 1. The summed E-state index contributed by atoms with van der Waals surface area (Å²) in [6, 6.07) is 11.2. The summed E-state index contributed by atoms with van der Waals surface area (Å²) < 4.78 is 5.02. The van der Waals surface area contributed by atoms with Crippen LogP contribution in [-0.4, -0.2) is 23.9 Å². The second-order valence-electron chi connectivity index (χ2n) is 4.44. The van der Waals surface area contributed by atoms with Crippen LogP contribution in [0.3, 0.4) is 0 Å². The van der Waals surface area contributed by atoms with Crippen LogP contribution in [0.2, 0.25) is 0 Å². The highest BCUT2D eigenvalue weighted by atomic mass is 16.5. The predicted octanol–water partition coefficient (Wildman–Crippen LogP) is 2.86. The Bertz CT molecular complexity index is 677. The largest absolute Gasteiger partial charge is 0.505 e. The first-order chi connectivity index (χ1) is 10.0. The fourth-order valence-electron chi connectivity index (χ4n) is 1.87. The summed E-state index contributed by atoms with van der Waals surface area (Å²) in [6.07, 6.45) is 0. The van der Waals surface area contributed by atoms with E-state index in [-0.39, 0.29) is 28.7 Å². The van der Waals surface area contributed by atoms with Crippen LogP contribution >= 0.6 is 0 Å². The van der Waals surface area contributed by atoms with Gasteiger partial charge in [0.2, 0.25) is 0 Å². The van der Waals surface area contributed by atoms with Gasteiger partial charge in [-0.3, -0.25) is 9.59 Å². The van der Waals surface area contributed by atoms with Gasteiger partial charge < -0.3 is 15.2 Å². The molecule has 2 aromatic rings. The smallest absolute Gasteiger partial charge is 0.255 e. The van der Waals surface area contributed by atoms with E-state index in [1.165, 1.54) is 19.1 Å². The van der Waals surface area contributed by atoms with Crippen molar-refractivity contribution in [2.75, 3.05) is 12.4 Å². The van der Waals surface area contributed by atoms with E-state index in [4.69, 9.17) is 4.74 Å². The van der Waals surface area contributed by atoms with E-state index in [1.807, 2.05) is 0 Å². The Morgan fingerprint density at radius 3 is 2.33 bits per heavy atom. The summed E-state index contributed by atoms with van der Waals surface area (Å²) in [5.74, 6) is -0.235. The van der Waals surface area contributed by atoms with Crippen LogP contribution in [0.4, 0.5) is 5.69 Å². The van der Waals surface area contributed by atoms with E-state index in [1.54, 1.807) is 37.4 Å². The third kappa shape index (κ3) is 3.20. The van der Waals surface area contributed by atoms with Crippen LogP contribution in [0.25, 0.3) is 0 Å². The molecular weight excluding hydrogens is 270 g/mol. The van der Waals surface area contributed by atoms with Gasteiger partial charge in [-0.15, -0.1) is 0 Å². The first-order valence-electron chi connectivity index (χ1n) is 6.31. The number of carbonyl (C=O) groups excluding carboxylic acids is 2. The Hall–Kier alpha value is -2.82. The number of amides is 1.